The molecule has 0 bridgehead atoms. The van der Waals surface area contributed by atoms with Gasteiger partial charge in [-0.2, -0.15) is 11.3 Å². The van der Waals surface area contributed by atoms with Gasteiger partial charge in [0, 0.05) is 0 Å². The molecular weight excluding hydrogens is 368 g/mol. The summed E-state index contributed by atoms with van der Waals surface area (Å²) in [5.41, 5.74) is 1.54. The van der Waals surface area contributed by atoms with Gasteiger partial charge in [0.15, 0.2) is 0 Å². The molecule has 0 atom stereocenters. The molecule has 1 aromatic heterocycles. The second kappa shape index (κ2) is 22.4. The first-order valence-corrected chi connectivity index (χ1v) is 14.4. The van der Waals surface area contributed by atoms with Crippen LogP contribution in [0.1, 0.15) is 154 Å². The van der Waals surface area contributed by atoms with Gasteiger partial charge in [0.2, 0.25) is 0 Å². The summed E-state index contributed by atoms with van der Waals surface area (Å²) in [7, 11) is 0. The minimum Gasteiger partial charge on any atom is -0.152 e. The van der Waals surface area contributed by atoms with E-state index in [1.165, 1.54) is 148 Å². The fourth-order valence-electron chi connectivity index (χ4n) is 4.37. The molecule has 0 radical (unpaired) electrons. The van der Waals surface area contributed by atoms with Crippen LogP contribution in [0.3, 0.4) is 0 Å². The first kappa shape index (κ1) is 26.7. The summed E-state index contributed by atoms with van der Waals surface area (Å²) in [4.78, 5) is 0. The fraction of sp³-hybridized carbons (Fsp3) is 0.857. The lowest BCUT2D eigenvalue weighted by molar-refractivity contribution is 0.519. The van der Waals surface area contributed by atoms with Gasteiger partial charge in [0.05, 0.1) is 0 Å². The van der Waals surface area contributed by atoms with Crippen LogP contribution in [0, 0.1) is 0 Å². The van der Waals surface area contributed by atoms with Crippen molar-refractivity contribution in [3.05, 3.63) is 22.4 Å². The standard InChI is InChI=1S/C28H52S/c1-2-3-4-5-6-7-8-9-10-11-12-13-14-15-16-17-18-19-20-21-22-23-24-28-25-26-29-27-28/h25-27H,2-24H2,1H3. The van der Waals surface area contributed by atoms with Gasteiger partial charge < -0.3 is 0 Å². The highest BCUT2D eigenvalue weighted by Crippen LogP contribution is 2.16. The third-order valence-electron chi connectivity index (χ3n) is 6.40. The molecule has 0 spiro atoms. The van der Waals surface area contributed by atoms with Crippen LogP contribution >= 0.6 is 11.3 Å². The second-order valence-corrected chi connectivity index (χ2v) is 10.1. The van der Waals surface area contributed by atoms with Crippen LogP contribution in [0.25, 0.3) is 0 Å². The Bertz CT molecular complexity index is 394. The molecule has 0 aliphatic carbocycles. The summed E-state index contributed by atoms with van der Waals surface area (Å²) >= 11 is 1.83. The smallest absolute Gasteiger partial charge is 0.00613 e. The zero-order valence-corrected chi connectivity index (χ0v) is 20.7. The monoisotopic (exact) mass is 420 g/mol. The van der Waals surface area contributed by atoms with E-state index in [9.17, 15) is 0 Å². The normalized spacial score (nSPS) is 11.3. The van der Waals surface area contributed by atoms with Crippen molar-refractivity contribution >= 4 is 11.3 Å². The van der Waals surface area contributed by atoms with Crippen LogP contribution in [0.2, 0.25) is 0 Å². The van der Waals surface area contributed by atoms with Crippen molar-refractivity contribution in [3.63, 3.8) is 0 Å². The predicted molar refractivity (Wildman–Crippen MR) is 135 cm³/mol. The molecule has 0 saturated carbocycles. The molecule has 0 fully saturated rings. The van der Waals surface area contributed by atoms with Crippen LogP contribution in [0.15, 0.2) is 16.8 Å². The minimum atomic E-state index is 1.29. The fourth-order valence-corrected chi connectivity index (χ4v) is 5.08. The highest BCUT2D eigenvalue weighted by atomic mass is 32.1. The van der Waals surface area contributed by atoms with Crippen LogP contribution in [0.5, 0.6) is 0 Å². The molecule has 0 nitrogen and oxygen atoms in total. The van der Waals surface area contributed by atoms with Crippen molar-refractivity contribution in [2.24, 2.45) is 0 Å². The number of unbranched alkanes of at least 4 members (excludes halogenated alkanes) is 21. The minimum absolute atomic E-state index is 1.29. The van der Waals surface area contributed by atoms with Gasteiger partial charge in [-0.15, -0.1) is 0 Å². The quantitative estimate of drug-likeness (QED) is 0.154. The Kier molecular flexibility index (Phi) is 20.6. The van der Waals surface area contributed by atoms with E-state index in [4.69, 9.17) is 0 Å². The molecule has 0 saturated heterocycles. The summed E-state index contributed by atoms with van der Waals surface area (Å²) in [5.74, 6) is 0. The number of rotatable bonds is 23. The highest BCUT2D eigenvalue weighted by Gasteiger charge is 1.96. The van der Waals surface area contributed by atoms with E-state index in [2.05, 4.69) is 23.8 Å². The topological polar surface area (TPSA) is 0 Å². The molecule has 1 aromatic rings. The molecule has 0 aliphatic rings. The lowest BCUT2D eigenvalue weighted by Crippen LogP contribution is -1.85. The van der Waals surface area contributed by atoms with Crippen molar-refractivity contribution in [1.82, 2.24) is 0 Å². The van der Waals surface area contributed by atoms with Crippen LogP contribution in [0.4, 0.5) is 0 Å². The molecule has 0 amide bonds. The maximum absolute atomic E-state index is 2.30. The van der Waals surface area contributed by atoms with Crippen molar-refractivity contribution in [1.29, 1.82) is 0 Å². The second-order valence-electron chi connectivity index (χ2n) is 9.31. The first-order chi connectivity index (χ1) is 14.4. The molecule has 0 unspecified atom stereocenters. The molecule has 1 heteroatoms. The Hall–Kier alpha value is -0.300. The van der Waals surface area contributed by atoms with E-state index in [0.717, 1.165) is 0 Å². The van der Waals surface area contributed by atoms with Crippen LogP contribution in [-0.2, 0) is 6.42 Å². The Balaban J connectivity index is 1.63. The van der Waals surface area contributed by atoms with Crippen molar-refractivity contribution in [2.75, 3.05) is 0 Å². The molecule has 1 rings (SSSR count). The summed E-state index contributed by atoms with van der Waals surface area (Å²) in [6.45, 7) is 2.30. The van der Waals surface area contributed by atoms with Gasteiger partial charge in [0.1, 0.15) is 0 Å². The van der Waals surface area contributed by atoms with E-state index in [1.807, 2.05) is 11.3 Å². The Morgan fingerprint density at radius 2 is 0.828 bits per heavy atom. The molecule has 29 heavy (non-hydrogen) atoms. The predicted octanol–water partition coefficient (Wildman–Crippen LogP) is 10.9. The summed E-state index contributed by atoms with van der Waals surface area (Å²) < 4.78 is 0. The number of hydrogen-bond donors (Lipinski definition) is 0. The SMILES string of the molecule is CCCCCCCCCCCCCCCCCCCCCCCCc1ccsc1. The van der Waals surface area contributed by atoms with E-state index in [1.54, 1.807) is 5.56 Å². The summed E-state index contributed by atoms with van der Waals surface area (Å²) in [6.07, 6.45) is 33.5. The number of aryl methyl sites for hydroxylation is 1. The molecule has 0 N–H and O–H groups in total. The van der Waals surface area contributed by atoms with Gasteiger partial charge in [-0.3, -0.25) is 0 Å². The Morgan fingerprint density at radius 1 is 0.483 bits per heavy atom. The third-order valence-corrected chi connectivity index (χ3v) is 7.13. The molecule has 0 aliphatic heterocycles. The van der Waals surface area contributed by atoms with Gasteiger partial charge in [0.25, 0.3) is 0 Å². The lowest BCUT2D eigenvalue weighted by atomic mass is 10.0. The molecule has 1 heterocycles. The largest absolute Gasteiger partial charge is 0.152 e. The van der Waals surface area contributed by atoms with Gasteiger partial charge in [-0.1, -0.05) is 142 Å². The molecule has 0 aromatic carbocycles. The number of thiophene rings is 1. The van der Waals surface area contributed by atoms with Crippen molar-refractivity contribution in [2.45, 2.75) is 155 Å². The van der Waals surface area contributed by atoms with Gasteiger partial charge >= 0.3 is 0 Å². The van der Waals surface area contributed by atoms with E-state index < -0.39 is 0 Å². The van der Waals surface area contributed by atoms with Crippen molar-refractivity contribution < 1.29 is 0 Å². The van der Waals surface area contributed by atoms with Gasteiger partial charge in [-0.25, -0.2) is 0 Å². The zero-order valence-electron chi connectivity index (χ0n) is 19.9. The van der Waals surface area contributed by atoms with Gasteiger partial charge in [-0.05, 0) is 35.2 Å². The summed E-state index contributed by atoms with van der Waals surface area (Å²) in [6, 6.07) is 2.28. The number of hydrogen-bond acceptors (Lipinski definition) is 1. The average molecular weight is 421 g/mol. The van der Waals surface area contributed by atoms with Crippen LogP contribution < -0.4 is 0 Å². The average Bonchev–Trinajstić information content (AvgIpc) is 3.25. The zero-order chi connectivity index (χ0) is 20.7. The maximum atomic E-state index is 2.30. The van der Waals surface area contributed by atoms with E-state index >= 15 is 0 Å². The van der Waals surface area contributed by atoms with E-state index in [0.29, 0.717) is 0 Å². The maximum Gasteiger partial charge on any atom is -0.00613 e. The van der Waals surface area contributed by atoms with E-state index in [-0.39, 0.29) is 0 Å². The Labute approximate surface area is 188 Å². The highest BCUT2D eigenvalue weighted by molar-refractivity contribution is 7.07. The third kappa shape index (κ3) is 19.4. The summed E-state index contributed by atoms with van der Waals surface area (Å²) in [5, 5.41) is 4.50. The molecular formula is C28H52S. The van der Waals surface area contributed by atoms with Crippen LogP contribution in [-0.4, -0.2) is 0 Å². The Morgan fingerprint density at radius 3 is 1.14 bits per heavy atom. The molecule has 170 valence electrons. The lowest BCUT2D eigenvalue weighted by Gasteiger charge is -2.04. The first-order valence-electron chi connectivity index (χ1n) is 13.4. The van der Waals surface area contributed by atoms with Crippen molar-refractivity contribution in [3.8, 4) is 0 Å².